The molecule has 176 valence electrons. The lowest BCUT2D eigenvalue weighted by Gasteiger charge is -2.36. The van der Waals surface area contributed by atoms with Crippen LogP contribution < -0.4 is 10.6 Å². The first-order valence-electron chi connectivity index (χ1n) is 11.5. The Morgan fingerprint density at radius 3 is 2.27 bits per heavy atom. The lowest BCUT2D eigenvalue weighted by atomic mass is 9.88. The van der Waals surface area contributed by atoms with Gasteiger partial charge in [-0.05, 0) is 74.9 Å². The van der Waals surface area contributed by atoms with E-state index < -0.39 is 6.04 Å². The highest BCUT2D eigenvalue weighted by Gasteiger charge is 2.34. The number of piperidine rings is 1. The zero-order chi connectivity index (χ0) is 24.0. The van der Waals surface area contributed by atoms with E-state index in [2.05, 4.69) is 10.6 Å². The predicted octanol–water partition coefficient (Wildman–Crippen LogP) is 4.21. The Morgan fingerprint density at radius 2 is 1.67 bits per heavy atom. The molecule has 2 unspecified atom stereocenters. The van der Waals surface area contributed by atoms with Gasteiger partial charge >= 0.3 is 0 Å². The molecule has 2 atom stereocenters. The van der Waals surface area contributed by atoms with Crippen LogP contribution in [0, 0.1) is 12.8 Å². The molecule has 2 aromatic carbocycles. The van der Waals surface area contributed by atoms with E-state index in [1.165, 1.54) is 0 Å². The van der Waals surface area contributed by atoms with E-state index in [0.717, 1.165) is 12.0 Å². The minimum absolute atomic E-state index is 0.0157. The van der Waals surface area contributed by atoms with Crippen molar-refractivity contribution in [3.8, 4) is 0 Å². The van der Waals surface area contributed by atoms with E-state index in [0.29, 0.717) is 42.1 Å². The van der Waals surface area contributed by atoms with Gasteiger partial charge in [-0.25, -0.2) is 0 Å². The van der Waals surface area contributed by atoms with Crippen molar-refractivity contribution >= 4 is 29.3 Å². The average Bonchev–Trinajstić information content (AvgIpc) is 2.82. The first-order valence-corrected chi connectivity index (χ1v) is 11.9. The Kier molecular flexibility index (Phi) is 8.50. The van der Waals surface area contributed by atoms with Crippen molar-refractivity contribution in [1.29, 1.82) is 0 Å². The van der Waals surface area contributed by atoms with Gasteiger partial charge in [-0.2, -0.15) is 0 Å². The molecule has 1 fully saturated rings. The number of aryl methyl sites for hydroxylation is 1. The predicted molar refractivity (Wildman–Crippen MR) is 130 cm³/mol. The number of rotatable bonds is 7. The van der Waals surface area contributed by atoms with E-state index >= 15 is 0 Å². The molecule has 2 aromatic rings. The van der Waals surface area contributed by atoms with Gasteiger partial charge in [0, 0.05) is 35.3 Å². The number of hydrogen-bond acceptors (Lipinski definition) is 3. The second-order valence-electron chi connectivity index (χ2n) is 8.72. The molecule has 1 aliphatic rings. The van der Waals surface area contributed by atoms with Gasteiger partial charge in [0.1, 0.15) is 6.04 Å². The van der Waals surface area contributed by atoms with Crippen molar-refractivity contribution in [2.45, 2.75) is 52.1 Å². The molecule has 0 aliphatic carbocycles. The molecule has 6 nitrogen and oxygen atoms in total. The summed E-state index contributed by atoms with van der Waals surface area (Å²) in [6.45, 7) is 6.89. The molecule has 33 heavy (non-hydrogen) atoms. The summed E-state index contributed by atoms with van der Waals surface area (Å²) in [5, 5.41) is 6.59. The van der Waals surface area contributed by atoms with Crippen molar-refractivity contribution in [3.05, 3.63) is 70.2 Å². The average molecular weight is 470 g/mol. The first kappa shape index (κ1) is 24.8. The summed E-state index contributed by atoms with van der Waals surface area (Å²) in [6.07, 6.45) is 2.07. The number of carbonyl (C=O) groups is 3. The molecule has 3 rings (SSSR count). The van der Waals surface area contributed by atoms with Gasteiger partial charge in [0.15, 0.2) is 0 Å². The van der Waals surface area contributed by atoms with Crippen LogP contribution in [0.1, 0.15) is 59.4 Å². The Hall–Kier alpha value is -2.86. The fourth-order valence-corrected chi connectivity index (χ4v) is 4.22. The fourth-order valence-electron chi connectivity index (χ4n) is 4.09. The summed E-state index contributed by atoms with van der Waals surface area (Å²) in [4.78, 5) is 40.7. The van der Waals surface area contributed by atoms with Crippen molar-refractivity contribution < 1.29 is 14.4 Å². The standard InChI is InChI=1S/C26H32ClN3O3/c1-4-18(3)28-25(32)23(29-24(31)22-8-6-5-7-17(22)2)19-13-15-30(16-14-19)26(33)20-9-11-21(27)12-10-20/h5-12,18-19,23H,4,13-16H2,1-3H3,(H,28,32)(H,29,31). The van der Waals surface area contributed by atoms with Crippen LogP contribution in [-0.2, 0) is 4.79 Å². The van der Waals surface area contributed by atoms with Crippen molar-refractivity contribution in [3.63, 3.8) is 0 Å². The normalized spacial score (nSPS) is 16.1. The summed E-state index contributed by atoms with van der Waals surface area (Å²) in [5.74, 6) is -0.531. The number of carbonyl (C=O) groups excluding carboxylic acids is 3. The molecule has 0 bridgehead atoms. The van der Waals surface area contributed by atoms with Crippen molar-refractivity contribution in [2.75, 3.05) is 13.1 Å². The number of hydrogen-bond donors (Lipinski definition) is 2. The van der Waals surface area contributed by atoms with Crippen LogP contribution in [0.15, 0.2) is 48.5 Å². The van der Waals surface area contributed by atoms with Gasteiger partial charge < -0.3 is 15.5 Å². The molecule has 0 aromatic heterocycles. The van der Waals surface area contributed by atoms with Gasteiger partial charge in [-0.1, -0.05) is 36.7 Å². The van der Waals surface area contributed by atoms with Crippen molar-refractivity contribution in [2.24, 2.45) is 5.92 Å². The quantitative estimate of drug-likeness (QED) is 0.637. The maximum Gasteiger partial charge on any atom is 0.253 e. The van der Waals surface area contributed by atoms with Crippen LogP contribution >= 0.6 is 11.6 Å². The molecule has 1 saturated heterocycles. The van der Waals surface area contributed by atoms with Crippen LogP contribution in [0.25, 0.3) is 0 Å². The van der Waals surface area contributed by atoms with E-state index in [9.17, 15) is 14.4 Å². The summed E-state index contributed by atoms with van der Waals surface area (Å²) in [5.41, 5.74) is 2.02. The van der Waals surface area contributed by atoms with E-state index in [1.54, 1.807) is 35.2 Å². The molecule has 0 spiro atoms. The zero-order valence-electron chi connectivity index (χ0n) is 19.4. The molecule has 1 aliphatic heterocycles. The van der Waals surface area contributed by atoms with Gasteiger partial charge in [0.25, 0.3) is 11.8 Å². The Morgan fingerprint density at radius 1 is 1.03 bits per heavy atom. The SMILES string of the molecule is CCC(C)NC(=O)C(NC(=O)c1ccccc1C)C1CCN(C(=O)c2ccc(Cl)cc2)CC1. The number of amides is 3. The zero-order valence-corrected chi connectivity index (χ0v) is 20.2. The van der Waals surface area contributed by atoms with E-state index in [1.807, 2.05) is 39.0 Å². The first-order chi connectivity index (χ1) is 15.8. The summed E-state index contributed by atoms with van der Waals surface area (Å²) in [7, 11) is 0. The molecule has 1 heterocycles. The second kappa shape index (κ2) is 11.3. The highest BCUT2D eigenvalue weighted by Crippen LogP contribution is 2.24. The largest absolute Gasteiger partial charge is 0.352 e. The summed E-state index contributed by atoms with van der Waals surface area (Å²) < 4.78 is 0. The Bertz CT molecular complexity index is 985. The minimum Gasteiger partial charge on any atom is -0.352 e. The molecular weight excluding hydrogens is 438 g/mol. The monoisotopic (exact) mass is 469 g/mol. The summed E-state index contributed by atoms with van der Waals surface area (Å²) >= 11 is 5.93. The highest BCUT2D eigenvalue weighted by atomic mass is 35.5. The van der Waals surface area contributed by atoms with Crippen LogP contribution in [0.5, 0.6) is 0 Å². The molecule has 3 amide bonds. The third-order valence-corrected chi connectivity index (χ3v) is 6.60. The maximum atomic E-state index is 13.1. The number of likely N-dealkylation sites (tertiary alicyclic amines) is 1. The topological polar surface area (TPSA) is 78.5 Å². The molecule has 0 saturated carbocycles. The second-order valence-corrected chi connectivity index (χ2v) is 9.16. The maximum absolute atomic E-state index is 13.1. The third kappa shape index (κ3) is 6.35. The fraction of sp³-hybridized carbons (Fsp3) is 0.423. The van der Waals surface area contributed by atoms with E-state index in [4.69, 9.17) is 11.6 Å². The number of nitrogens with zero attached hydrogens (tertiary/aromatic N) is 1. The van der Waals surface area contributed by atoms with Crippen LogP contribution in [0.2, 0.25) is 5.02 Å². The molecule has 2 N–H and O–H groups in total. The van der Waals surface area contributed by atoms with Gasteiger partial charge in [0.05, 0.1) is 0 Å². The van der Waals surface area contributed by atoms with Gasteiger partial charge in [0.2, 0.25) is 5.91 Å². The number of benzene rings is 2. The van der Waals surface area contributed by atoms with Crippen LogP contribution in [0.3, 0.4) is 0 Å². The molecular formula is C26H32ClN3O3. The Balaban J connectivity index is 1.71. The van der Waals surface area contributed by atoms with Crippen molar-refractivity contribution in [1.82, 2.24) is 15.5 Å². The lowest BCUT2D eigenvalue weighted by molar-refractivity contribution is -0.125. The smallest absolute Gasteiger partial charge is 0.253 e. The lowest BCUT2D eigenvalue weighted by Crippen LogP contribution is -2.55. The molecule has 0 radical (unpaired) electrons. The third-order valence-electron chi connectivity index (χ3n) is 6.35. The van der Waals surface area contributed by atoms with Crippen LogP contribution in [0.4, 0.5) is 0 Å². The summed E-state index contributed by atoms with van der Waals surface area (Å²) in [6, 6.07) is 13.6. The van der Waals surface area contributed by atoms with Gasteiger partial charge in [-0.15, -0.1) is 0 Å². The van der Waals surface area contributed by atoms with Crippen LogP contribution in [-0.4, -0.2) is 47.8 Å². The highest BCUT2D eigenvalue weighted by molar-refractivity contribution is 6.30. The molecule has 7 heteroatoms. The Labute approximate surface area is 200 Å². The number of nitrogens with one attached hydrogen (secondary N) is 2. The number of halogens is 1. The van der Waals surface area contributed by atoms with Gasteiger partial charge in [-0.3, -0.25) is 14.4 Å². The minimum atomic E-state index is -0.654. The van der Waals surface area contributed by atoms with E-state index in [-0.39, 0.29) is 29.7 Å².